The van der Waals surface area contributed by atoms with E-state index in [0.717, 1.165) is 39.5 Å². The molecule has 174 valence electrons. The monoisotopic (exact) mass is 465 g/mol. The molecule has 0 unspecified atom stereocenters. The summed E-state index contributed by atoms with van der Waals surface area (Å²) >= 11 is 6.71. The van der Waals surface area contributed by atoms with Gasteiger partial charge in [0.15, 0.2) is 5.88 Å². The van der Waals surface area contributed by atoms with Crippen LogP contribution in [0, 0.1) is 6.92 Å². The quantitative estimate of drug-likeness (QED) is 0.371. The van der Waals surface area contributed by atoms with E-state index in [1.165, 1.54) is 0 Å². The molecule has 0 atom stereocenters. The van der Waals surface area contributed by atoms with Crippen LogP contribution in [-0.4, -0.2) is 16.2 Å². The van der Waals surface area contributed by atoms with Crippen molar-refractivity contribution >= 4 is 28.9 Å². The molecule has 5 nitrogen and oxygen atoms in total. The second-order valence-electron chi connectivity index (χ2n) is 6.90. The van der Waals surface area contributed by atoms with Crippen LogP contribution in [0.5, 0.6) is 5.75 Å². The minimum absolute atomic E-state index is 0.598. The van der Waals surface area contributed by atoms with Gasteiger partial charge < -0.3 is 14.5 Å². The molecule has 6 heteroatoms. The largest absolute Gasteiger partial charge is 0.497 e. The topological polar surface area (TPSA) is 52.2 Å². The number of ether oxygens (including phenoxy) is 1. The Hall–Kier alpha value is -3.44. The predicted molar refractivity (Wildman–Crippen MR) is 140 cm³/mol. The van der Waals surface area contributed by atoms with Gasteiger partial charge in [0, 0.05) is 41.5 Å². The Morgan fingerprint density at radius 1 is 1.18 bits per heavy atom. The number of furan rings is 1. The van der Waals surface area contributed by atoms with E-state index in [-0.39, 0.29) is 0 Å². The molecule has 0 aliphatic rings. The van der Waals surface area contributed by atoms with Crippen molar-refractivity contribution in [3.8, 4) is 17.0 Å². The van der Waals surface area contributed by atoms with E-state index < -0.39 is 0 Å². The van der Waals surface area contributed by atoms with E-state index in [4.69, 9.17) is 20.9 Å². The molecule has 0 aliphatic heterocycles. The van der Waals surface area contributed by atoms with Crippen molar-refractivity contribution in [1.29, 1.82) is 0 Å². The molecule has 1 aromatic carbocycles. The zero-order valence-electron chi connectivity index (χ0n) is 20.1. The Balaban J connectivity index is 0.00000187. The van der Waals surface area contributed by atoms with Crippen LogP contribution in [0.4, 0.5) is 11.6 Å². The Morgan fingerprint density at radius 2 is 1.91 bits per heavy atom. The summed E-state index contributed by atoms with van der Waals surface area (Å²) in [5.41, 5.74) is 5.27. The van der Waals surface area contributed by atoms with Gasteiger partial charge in [0.2, 0.25) is 0 Å². The predicted octanol–water partition coefficient (Wildman–Crippen LogP) is 8.34. The average Bonchev–Trinajstić information content (AvgIpc) is 3.30. The molecule has 0 aliphatic carbocycles. The maximum atomic E-state index is 6.71. The zero-order chi connectivity index (χ0) is 24.2. The Labute approximate surface area is 201 Å². The molecule has 0 radical (unpaired) electrons. The molecule has 3 aromatic rings. The standard InChI is InChI=1S/C25H26ClN3O2.C2H6/c1-5-6-8-18(2)20-9-7-14-27-19(3)25(29(26)16-20)21-15-24(31-17-21)28-22-10-12-23(30-4)13-11-22;1-2/h5-17,28H,1-4H3;1-2H3/b6-5-,9-7?,18-8+,20-16?,25-19?,27-14?;. The van der Waals surface area contributed by atoms with E-state index in [1.807, 2.05) is 102 Å². The molecule has 0 saturated carbocycles. The Kier molecular flexibility index (Phi) is 10.3. The SMILES string of the molecule is C/C=C\C=C(/C)c1cccnc(C)c(-c2coc(Nc3ccc(OC)cc3)c2)n(Cl)c1.CC. The summed E-state index contributed by atoms with van der Waals surface area (Å²) in [5, 5.41) is 3.25. The van der Waals surface area contributed by atoms with Gasteiger partial charge in [-0.25, -0.2) is 0 Å². The van der Waals surface area contributed by atoms with Crippen molar-refractivity contribution in [1.82, 2.24) is 9.07 Å². The van der Waals surface area contributed by atoms with Gasteiger partial charge in [-0.3, -0.25) is 9.07 Å². The van der Waals surface area contributed by atoms with Gasteiger partial charge in [-0.05, 0) is 62.2 Å². The second kappa shape index (κ2) is 13.2. The summed E-state index contributed by atoms with van der Waals surface area (Å²) in [5.74, 6) is 1.39. The Morgan fingerprint density at radius 3 is 2.58 bits per heavy atom. The third-order valence-corrected chi connectivity index (χ3v) is 4.93. The molecule has 33 heavy (non-hydrogen) atoms. The number of methoxy groups -OCH3 is 1. The lowest BCUT2D eigenvalue weighted by Crippen LogP contribution is -1.93. The third kappa shape index (κ3) is 7.29. The second-order valence-corrected chi connectivity index (χ2v) is 7.26. The van der Waals surface area contributed by atoms with E-state index in [2.05, 4.69) is 10.3 Å². The summed E-state index contributed by atoms with van der Waals surface area (Å²) in [7, 11) is 1.64. The first kappa shape index (κ1) is 25.8. The summed E-state index contributed by atoms with van der Waals surface area (Å²) in [6.07, 6.45) is 11.3. The zero-order valence-corrected chi connectivity index (χ0v) is 20.9. The van der Waals surface area contributed by atoms with E-state index in [9.17, 15) is 0 Å². The number of hydrogen-bond donors (Lipinski definition) is 1. The van der Waals surface area contributed by atoms with Crippen LogP contribution >= 0.6 is 11.8 Å². The van der Waals surface area contributed by atoms with Crippen molar-refractivity contribution in [2.24, 2.45) is 0 Å². The summed E-state index contributed by atoms with van der Waals surface area (Å²) in [6, 6.07) is 13.4. The first-order chi connectivity index (χ1) is 16.0. The average molecular weight is 466 g/mol. The lowest BCUT2D eigenvalue weighted by molar-refractivity contribution is 0.415. The third-order valence-electron chi connectivity index (χ3n) is 4.66. The minimum Gasteiger partial charge on any atom is -0.497 e. The molecule has 0 saturated heterocycles. The van der Waals surface area contributed by atoms with Crippen molar-refractivity contribution in [3.05, 3.63) is 90.6 Å². The molecular formula is C27H32ClN3O2. The highest BCUT2D eigenvalue weighted by Gasteiger charge is 2.11. The van der Waals surface area contributed by atoms with Crippen LogP contribution < -0.4 is 10.1 Å². The molecular weight excluding hydrogens is 434 g/mol. The summed E-state index contributed by atoms with van der Waals surface area (Å²) in [6.45, 7) is 9.94. The highest BCUT2D eigenvalue weighted by atomic mass is 35.5. The number of anilines is 2. The summed E-state index contributed by atoms with van der Waals surface area (Å²) in [4.78, 5) is 4.52. The van der Waals surface area contributed by atoms with Crippen LogP contribution in [0.3, 0.4) is 0 Å². The molecule has 2 aromatic heterocycles. The van der Waals surface area contributed by atoms with Gasteiger partial charge in [0.25, 0.3) is 0 Å². The number of nitrogens with one attached hydrogen (secondary N) is 1. The molecule has 0 fully saturated rings. The van der Waals surface area contributed by atoms with Gasteiger partial charge in [0.05, 0.1) is 18.5 Å². The molecule has 0 spiro atoms. The van der Waals surface area contributed by atoms with Crippen LogP contribution in [0.25, 0.3) is 16.8 Å². The van der Waals surface area contributed by atoms with Gasteiger partial charge in [-0.1, -0.05) is 38.1 Å². The fourth-order valence-corrected chi connectivity index (χ4v) is 3.32. The number of allylic oxidation sites excluding steroid dienone is 4. The maximum absolute atomic E-state index is 6.71. The molecule has 0 amide bonds. The minimum atomic E-state index is 0.598. The van der Waals surface area contributed by atoms with Gasteiger partial charge in [0.1, 0.15) is 12.0 Å². The van der Waals surface area contributed by atoms with Crippen molar-refractivity contribution < 1.29 is 9.15 Å². The first-order valence-corrected chi connectivity index (χ1v) is 11.2. The number of rotatable bonds is 6. The molecule has 2 heterocycles. The molecule has 1 N–H and O–H groups in total. The lowest BCUT2D eigenvalue weighted by Gasteiger charge is -2.06. The van der Waals surface area contributed by atoms with Gasteiger partial charge in [-0.2, -0.15) is 0 Å². The molecule has 0 bridgehead atoms. The van der Waals surface area contributed by atoms with Crippen molar-refractivity contribution in [2.45, 2.75) is 34.6 Å². The fourth-order valence-electron chi connectivity index (χ4n) is 2.99. The van der Waals surface area contributed by atoms with Crippen LogP contribution in [0.1, 0.15) is 39.0 Å². The lowest BCUT2D eigenvalue weighted by atomic mass is 10.1. The highest BCUT2D eigenvalue weighted by Crippen LogP contribution is 2.29. The van der Waals surface area contributed by atoms with E-state index in [1.54, 1.807) is 23.7 Å². The van der Waals surface area contributed by atoms with Crippen LogP contribution in [0.2, 0.25) is 0 Å². The van der Waals surface area contributed by atoms with Crippen molar-refractivity contribution in [2.75, 3.05) is 12.4 Å². The maximum Gasteiger partial charge on any atom is 0.197 e. The van der Waals surface area contributed by atoms with Crippen LogP contribution in [-0.2, 0) is 0 Å². The van der Waals surface area contributed by atoms with Gasteiger partial charge in [-0.15, -0.1) is 0 Å². The number of benzene rings is 1. The van der Waals surface area contributed by atoms with Crippen LogP contribution in [0.15, 0.2) is 83.8 Å². The fraction of sp³-hybridized carbons (Fsp3) is 0.222. The number of halogens is 1. The number of hydrogen-bond acceptors (Lipinski definition) is 4. The number of aryl methyl sites for hydroxylation is 1. The molecule has 3 rings (SSSR count). The van der Waals surface area contributed by atoms with E-state index >= 15 is 0 Å². The normalized spacial score (nSPS) is 10.9. The smallest absolute Gasteiger partial charge is 0.197 e. The first-order valence-electron chi connectivity index (χ1n) is 10.9. The van der Waals surface area contributed by atoms with E-state index in [0.29, 0.717) is 5.88 Å². The Bertz CT molecular complexity index is 1140. The van der Waals surface area contributed by atoms with Crippen molar-refractivity contribution in [3.63, 3.8) is 0 Å². The number of nitrogens with zero attached hydrogens (tertiary/aromatic N) is 2. The summed E-state index contributed by atoms with van der Waals surface area (Å²) < 4.78 is 12.5. The number of aromatic nitrogens is 2. The highest BCUT2D eigenvalue weighted by molar-refractivity contribution is 6.17. The van der Waals surface area contributed by atoms with Gasteiger partial charge >= 0.3 is 0 Å².